The van der Waals surface area contributed by atoms with E-state index in [1.807, 2.05) is 75.4 Å². The molecule has 0 atom stereocenters. The average Bonchev–Trinajstić information content (AvgIpc) is 3.63. The van der Waals surface area contributed by atoms with Crippen molar-refractivity contribution in [1.29, 1.82) is 0 Å². The zero-order valence-electron chi connectivity index (χ0n) is 47.4. The van der Waals surface area contributed by atoms with Gasteiger partial charge in [0.05, 0.1) is 43.8 Å². The van der Waals surface area contributed by atoms with Crippen molar-refractivity contribution in [1.82, 2.24) is 9.97 Å². The van der Waals surface area contributed by atoms with Crippen LogP contribution in [0.2, 0.25) is 0 Å². The topological polar surface area (TPSA) is 87.6 Å². The first-order valence-electron chi connectivity index (χ1n) is 27.2. The number of pyridine rings is 2. The third-order valence-corrected chi connectivity index (χ3v) is 15.5. The van der Waals surface area contributed by atoms with Crippen molar-refractivity contribution in [2.45, 2.75) is 93.4 Å². The maximum absolute atomic E-state index is 12.0. The van der Waals surface area contributed by atoms with Gasteiger partial charge in [-0.25, -0.2) is 9.59 Å². The summed E-state index contributed by atoms with van der Waals surface area (Å²) in [6.07, 6.45) is 10.4. The molecule has 0 spiro atoms. The SMILES string of the molecule is CCc1c2ccccc2c(CC)c2cc(Br)ccc12.CCc1c2ccccc2c(CC)c2cc(CCc3ccc(C)c(C(=O)OC)c3)ccc12.COC(=O)c1cc(CCBr)ccc1C.COc1ccnc(-c2cc(C)ccn2)c1. The molecule has 2 aromatic heterocycles. The molecular formula is C70H72Br2N2O5. The first-order chi connectivity index (χ1) is 38.3. The van der Waals surface area contributed by atoms with E-state index < -0.39 is 0 Å². The Hall–Kier alpha value is -7.20. The second-order valence-corrected chi connectivity index (χ2v) is 21.2. The van der Waals surface area contributed by atoms with E-state index in [-0.39, 0.29) is 11.9 Å². The summed E-state index contributed by atoms with van der Waals surface area (Å²) in [5, 5.41) is 12.1. The van der Waals surface area contributed by atoms with Crippen molar-refractivity contribution in [3.05, 3.63) is 229 Å². The predicted octanol–water partition coefficient (Wildman–Crippen LogP) is 18.1. The summed E-state index contributed by atoms with van der Waals surface area (Å²) < 4.78 is 15.9. The van der Waals surface area contributed by atoms with Crippen molar-refractivity contribution in [3.8, 4) is 17.1 Å². The van der Waals surface area contributed by atoms with Crippen molar-refractivity contribution < 1.29 is 23.8 Å². The fraction of sp³-hybridized carbons (Fsp3) is 0.257. The summed E-state index contributed by atoms with van der Waals surface area (Å²) in [7, 11) is 4.48. The van der Waals surface area contributed by atoms with Crippen LogP contribution in [0.3, 0.4) is 0 Å². The lowest BCUT2D eigenvalue weighted by Gasteiger charge is -2.16. The fourth-order valence-electron chi connectivity index (χ4n) is 10.5. The molecule has 2 heterocycles. The quantitative estimate of drug-likeness (QED) is 0.0646. The van der Waals surface area contributed by atoms with Gasteiger partial charge in [-0.3, -0.25) is 9.97 Å². The number of carbonyl (C=O) groups excluding carboxylic acids is 2. The molecule has 0 bridgehead atoms. The first-order valence-corrected chi connectivity index (χ1v) is 29.1. The van der Waals surface area contributed by atoms with Crippen LogP contribution < -0.4 is 4.74 Å². The van der Waals surface area contributed by atoms with Gasteiger partial charge in [0.1, 0.15) is 5.75 Å². The molecule has 0 fully saturated rings. The summed E-state index contributed by atoms with van der Waals surface area (Å²) >= 11 is 6.97. The lowest BCUT2D eigenvalue weighted by Crippen LogP contribution is -2.05. The van der Waals surface area contributed by atoms with Crippen LogP contribution in [-0.2, 0) is 54.4 Å². The number of benzene rings is 8. The van der Waals surface area contributed by atoms with Crippen LogP contribution in [0.5, 0.6) is 5.75 Å². The summed E-state index contributed by atoms with van der Waals surface area (Å²) in [6, 6.07) is 50.9. The Kier molecular flexibility index (Phi) is 21.5. The van der Waals surface area contributed by atoms with Gasteiger partial charge < -0.3 is 14.2 Å². The molecule has 0 aliphatic heterocycles. The Morgan fingerprint density at radius 3 is 1.30 bits per heavy atom. The minimum absolute atomic E-state index is 0.265. The average molecular weight is 1180 g/mol. The van der Waals surface area contributed by atoms with Gasteiger partial charge in [0, 0.05) is 28.3 Å². The number of methoxy groups -OCH3 is 3. The van der Waals surface area contributed by atoms with E-state index in [1.54, 1.807) is 19.5 Å². The van der Waals surface area contributed by atoms with E-state index >= 15 is 0 Å². The minimum Gasteiger partial charge on any atom is -0.497 e. The van der Waals surface area contributed by atoms with Crippen molar-refractivity contribution in [2.75, 3.05) is 26.7 Å². The first kappa shape index (κ1) is 59.5. The highest BCUT2D eigenvalue weighted by Gasteiger charge is 2.16. The predicted molar refractivity (Wildman–Crippen MR) is 337 cm³/mol. The second-order valence-electron chi connectivity index (χ2n) is 19.5. The summed E-state index contributed by atoms with van der Waals surface area (Å²) in [4.78, 5) is 31.9. The third kappa shape index (κ3) is 14.4. The van der Waals surface area contributed by atoms with E-state index in [4.69, 9.17) is 14.2 Å². The molecule has 0 aliphatic carbocycles. The number of halogens is 2. The lowest BCUT2D eigenvalue weighted by molar-refractivity contribution is 0.0591. The Bertz CT molecular complexity index is 3760. The summed E-state index contributed by atoms with van der Waals surface area (Å²) in [5.74, 6) is 0.263. The van der Waals surface area contributed by atoms with Gasteiger partial charge in [-0.2, -0.15) is 0 Å². The maximum atomic E-state index is 12.0. The second kappa shape index (κ2) is 28.6. The number of rotatable bonds is 13. The molecule has 9 heteroatoms. The zero-order chi connectivity index (χ0) is 56.6. The number of aromatic nitrogens is 2. The lowest BCUT2D eigenvalue weighted by atomic mass is 9.88. The molecule has 10 rings (SSSR count). The van der Waals surface area contributed by atoms with Crippen LogP contribution in [0.4, 0.5) is 0 Å². The van der Waals surface area contributed by atoms with Gasteiger partial charge in [0.2, 0.25) is 0 Å². The number of aryl methyl sites for hydroxylation is 10. The smallest absolute Gasteiger partial charge is 0.338 e. The largest absolute Gasteiger partial charge is 0.497 e. The molecule has 0 aliphatic rings. The van der Waals surface area contributed by atoms with Gasteiger partial charge in [0.15, 0.2) is 0 Å². The summed E-state index contributed by atoms with van der Waals surface area (Å²) in [5.41, 5.74) is 15.5. The van der Waals surface area contributed by atoms with Gasteiger partial charge in [0.25, 0.3) is 0 Å². The van der Waals surface area contributed by atoms with Crippen molar-refractivity contribution in [2.24, 2.45) is 0 Å². The van der Waals surface area contributed by atoms with Gasteiger partial charge >= 0.3 is 11.9 Å². The van der Waals surface area contributed by atoms with Crippen LogP contribution in [0, 0.1) is 20.8 Å². The molecule has 0 saturated heterocycles. The monoisotopic (exact) mass is 1180 g/mol. The number of carbonyl (C=O) groups is 2. The molecular weight excluding hydrogens is 1110 g/mol. The van der Waals surface area contributed by atoms with Crippen LogP contribution in [0.1, 0.15) is 104 Å². The maximum Gasteiger partial charge on any atom is 0.338 e. The molecule has 10 aromatic rings. The Labute approximate surface area is 484 Å². The number of hydrogen-bond donors (Lipinski definition) is 0. The molecule has 0 unspecified atom stereocenters. The molecule has 7 nitrogen and oxygen atoms in total. The van der Waals surface area contributed by atoms with E-state index in [1.165, 1.54) is 90.7 Å². The molecule has 79 heavy (non-hydrogen) atoms. The number of alkyl halides is 1. The molecule has 8 aromatic carbocycles. The molecule has 0 N–H and O–H groups in total. The number of ether oxygens (including phenoxy) is 3. The van der Waals surface area contributed by atoms with E-state index in [0.717, 1.165) is 94.1 Å². The van der Waals surface area contributed by atoms with E-state index in [0.29, 0.717) is 11.1 Å². The van der Waals surface area contributed by atoms with Gasteiger partial charge in [-0.05, 0) is 207 Å². The van der Waals surface area contributed by atoms with Crippen molar-refractivity contribution in [3.63, 3.8) is 0 Å². The van der Waals surface area contributed by atoms with Crippen molar-refractivity contribution >= 4 is 86.9 Å². The van der Waals surface area contributed by atoms with Gasteiger partial charge in [-0.15, -0.1) is 0 Å². The molecule has 0 amide bonds. The molecule has 0 radical (unpaired) electrons. The standard InChI is InChI=1S/C29H30O2.C18H17Br.C12H12N2O.C11H13BrO2/c1-5-22-24-9-7-8-10-25(24)23(6-2)28-18-21(15-16-26(22)28)14-13-20-12-11-19(3)27(17-20)29(30)31-4;1-3-13-15-7-5-6-8-16(15)14(4-2)18-11-12(19)9-10-17(13)18;1-9-3-5-13-11(7-9)12-8-10(15-2)4-6-14-12;1-8-3-4-9(5-6-12)7-10(8)11(13)14-2/h7-12,15-18H,5-6,13-14H2,1-4H3;5-11H,3-4H2,1-2H3;3-8H,1-2H3;3-4,7H,5-6H2,1-2H3. The van der Waals surface area contributed by atoms with Gasteiger partial charge in [-0.1, -0.05) is 157 Å². The highest BCUT2D eigenvalue weighted by molar-refractivity contribution is 9.10. The molecule has 0 saturated carbocycles. The van der Waals surface area contributed by atoms with Crippen LogP contribution in [-0.4, -0.2) is 48.6 Å². The van der Waals surface area contributed by atoms with Crippen LogP contribution in [0.25, 0.3) is 54.5 Å². The van der Waals surface area contributed by atoms with E-state index in [2.05, 4.69) is 161 Å². The van der Waals surface area contributed by atoms with E-state index in [9.17, 15) is 9.59 Å². The van der Waals surface area contributed by atoms with Crippen LogP contribution >= 0.6 is 31.9 Å². The number of nitrogens with zero attached hydrogens (tertiary/aromatic N) is 2. The summed E-state index contributed by atoms with van der Waals surface area (Å²) in [6.45, 7) is 14.9. The zero-order valence-corrected chi connectivity index (χ0v) is 50.5. The highest BCUT2D eigenvalue weighted by atomic mass is 79.9. The Balaban J connectivity index is 0.000000162. The minimum atomic E-state index is -0.267. The number of hydrogen-bond acceptors (Lipinski definition) is 7. The van der Waals surface area contributed by atoms with Crippen LogP contribution in [0.15, 0.2) is 162 Å². The number of esters is 2. The Morgan fingerprint density at radius 1 is 0.443 bits per heavy atom. The fourth-order valence-corrected chi connectivity index (χ4v) is 11.3. The normalized spacial score (nSPS) is 10.8. The number of fused-ring (bicyclic) bond motifs is 4. The third-order valence-electron chi connectivity index (χ3n) is 14.6. The Morgan fingerprint density at radius 2 is 0.848 bits per heavy atom. The highest BCUT2D eigenvalue weighted by Crippen LogP contribution is 2.36. The molecule has 406 valence electrons.